The number of halogens is 1. The number of rotatable bonds is 9. The van der Waals surface area contributed by atoms with Crippen molar-refractivity contribution in [2.75, 3.05) is 51.3 Å². The lowest BCUT2D eigenvalue weighted by Crippen LogP contribution is -2.44. The van der Waals surface area contributed by atoms with Gasteiger partial charge in [-0.2, -0.15) is 0 Å². The Morgan fingerprint density at radius 1 is 0.912 bits per heavy atom. The van der Waals surface area contributed by atoms with Crippen LogP contribution < -0.4 is 14.4 Å². The van der Waals surface area contributed by atoms with E-state index < -0.39 is 9.85 Å². The highest BCUT2D eigenvalue weighted by Gasteiger charge is 2.20. The third-order valence-electron chi connectivity index (χ3n) is 4.84. The second-order valence-corrected chi connectivity index (χ2v) is 7.68. The standard InChI is InChI=1S/C14H19N3O3.C9H8ClNO3/c1-3-10-20-14-11-12(17(18)19)4-5-13(14)16-8-6-15(2)7-9-16;1-2-5-14-9-6-7(11(12)13)3-4-8(9)10/h3-5,11H,1,6-10H2,2H3;2-4,6H,1,5H2. The van der Waals surface area contributed by atoms with Crippen molar-refractivity contribution in [2.45, 2.75) is 0 Å². The molecule has 0 N–H and O–H groups in total. The van der Waals surface area contributed by atoms with Gasteiger partial charge < -0.3 is 19.3 Å². The molecule has 0 aromatic heterocycles. The number of benzene rings is 2. The van der Waals surface area contributed by atoms with Crippen molar-refractivity contribution in [3.05, 3.63) is 87.0 Å². The van der Waals surface area contributed by atoms with Crippen molar-refractivity contribution in [3.63, 3.8) is 0 Å². The lowest BCUT2D eigenvalue weighted by Gasteiger charge is -2.34. The van der Waals surface area contributed by atoms with Crippen LogP contribution in [0.1, 0.15) is 0 Å². The number of nitro groups is 2. The molecule has 2 aromatic carbocycles. The number of nitrogens with zero attached hydrogens (tertiary/aromatic N) is 4. The third-order valence-corrected chi connectivity index (χ3v) is 5.15. The van der Waals surface area contributed by atoms with Crippen molar-refractivity contribution >= 4 is 28.7 Å². The molecule has 182 valence electrons. The van der Waals surface area contributed by atoms with Gasteiger partial charge in [0, 0.05) is 38.3 Å². The van der Waals surface area contributed by atoms with Crippen LogP contribution in [0.5, 0.6) is 11.5 Å². The van der Waals surface area contributed by atoms with Gasteiger partial charge in [0.1, 0.15) is 24.7 Å². The zero-order valence-corrected chi connectivity index (χ0v) is 19.6. The monoisotopic (exact) mass is 490 g/mol. The molecular weight excluding hydrogens is 464 g/mol. The van der Waals surface area contributed by atoms with Crippen molar-refractivity contribution in [1.82, 2.24) is 4.90 Å². The number of nitro benzene ring substituents is 2. The minimum absolute atomic E-state index is 0.0435. The Kier molecular flexibility index (Phi) is 10.3. The predicted molar refractivity (Wildman–Crippen MR) is 132 cm³/mol. The normalized spacial score (nSPS) is 13.3. The minimum Gasteiger partial charge on any atom is -0.488 e. The van der Waals surface area contributed by atoms with Crippen molar-refractivity contribution in [1.29, 1.82) is 0 Å². The maximum atomic E-state index is 10.9. The second kappa shape index (κ2) is 13.2. The molecule has 10 nitrogen and oxygen atoms in total. The molecule has 0 aliphatic carbocycles. The van der Waals surface area contributed by atoms with E-state index in [0.29, 0.717) is 23.1 Å². The molecule has 1 aliphatic rings. The van der Waals surface area contributed by atoms with Crippen LogP contribution in [0.4, 0.5) is 17.1 Å². The van der Waals surface area contributed by atoms with E-state index >= 15 is 0 Å². The van der Waals surface area contributed by atoms with Crippen LogP contribution in [-0.2, 0) is 0 Å². The molecular formula is C23H27ClN4O6. The first-order valence-corrected chi connectivity index (χ1v) is 10.8. The molecule has 1 saturated heterocycles. The molecule has 0 atom stereocenters. The summed E-state index contributed by atoms with van der Waals surface area (Å²) in [4.78, 5) is 24.8. The van der Waals surface area contributed by atoms with E-state index in [1.165, 1.54) is 36.4 Å². The van der Waals surface area contributed by atoms with Crippen LogP contribution in [0.15, 0.2) is 61.7 Å². The van der Waals surface area contributed by atoms with Gasteiger partial charge in [-0.3, -0.25) is 20.2 Å². The zero-order chi connectivity index (χ0) is 25.1. The van der Waals surface area contributed by atoms with Crippen LogP contribution in [0, 0.1) is 20.2 Å². The van der Waals surface area contributed by atoms with Crippen molar-refractivity contribution < 1.29 is 19.3 Å². The zero-order valence-electron chi connectivity index (χ0n) is 18.9. The second-order valence-electron chi connectivity index (χ2n) is 7.27. The molecule has 0 radical (unpaired) electrons. The highest BCUT2D eigenvalue weighted by atomic mass is 35.5. The summed E-state index contributed by atoms with van der Waals surface area (Å²) < 4.78 is 10.7. The molecule has 1 heterocycles. The van der Waals surface area contributed by atoms with E-state index in [0.717, 1.165) is 31.9 Å². The van der Waals surface area contributed by atoms with E-state index in [-0.39, 0.29) is 18.0 Å². The summed E-state index contributed by atoms with van der Waals surface area (Å²) in [5.41, 5.74) is 0.904. The molecule has 3 rings (SSSR count). The Hall–Kier alpha value is -3.63. The van der Waals surface area contributed by atoms with Gasteiger partial charge in [-0.1, -0.05) is 36.9 Å². The summed E-state index contributed by atoms with van der Waals surface area (Å²) in [6, 6.07) is 8.81. The van der Waals surface area contributed by atoms with Gasteiger partial charge in [-0.05, 0) is 19.2 Å². The van der Waals surface area contributed by atoms with E-state index in [1.54, 1.807) is 12.1 Å². The highest BCUT2D eigenvalue weighted by molar-refractivity contribution is 6.32. The lowest BCUT2D eigenvalue weighted by atomic mass is 10.2. The van der Waals surface area contributed by atoms with Gasteiger partial charge in [-0.15, -0.1) is 0 Å². The van der Waals surface area contributed by atoms with Crippen LogP contribution in [-0.4, -0.2) is 61.2 Å². The van der Waals surface area contributed by atoms with E-state index in [2.05, 4.69) is 30.0 Å². The van der Waals surface area contributed by atoms with Gasteiger partial charge in [0.15, 0.2) is 0 Å². The van der Waals surface area contributed by atoms with Crippen LogP contribution in [0.25, 0.3) is 0 Å². The smallest absolute Gasteiger partial charge is 0.273 e. The molecule has 11 heteroatoms. The molecule has 34 heavy (non-hydrogen) atoms. The van der Waals surface area contributed by atoms with Gasteiger partial charge in [0.25, 0.3) is 11.4 Å². The molecule has 0 amide bonds. The first-order valence-electron chi connectivity index (χ1n) is 10.4. The lowest BCUT2D eigenvalue weighted by molar-refractivity contribution is -0.385. The number of piperazine rings is 1. The largest absolute Gasteiger partial charge is 0.488 e. The summed E-state index contributed by atoms with van der Waals surface area (Å²) in [5, 5.41) is 21.6. The highest BCUT2D eigenvalue weighted by Crippen LogP contribution is 2.33. The molecule has 1 fully saturated rings. The molecule has 0 bridgehead atoms. The first kappa shape index (κ1) is 26.6. The summed E-state index contributed by atoms with van der Waals surface area (Å²) in [7, 11) is 2.09. The Labute approximate surface area is 202 Å². The maximum Gasteiger partial charge on any atom is 0.273 e. The quantitative estimate of drug-likeness (QED) is 0.282. The summed E-state index contributed by atoms with van der Waals surface area (Å²) in [6.45, 7) is 11.4. The van der Waals surface area contributed by atoms with Crippen molar-refractivity contribution in [3.8, 4) is 11.5 Å². The van der Waals surface area contributed by atoms with Crippen LogP contribution in [0.3, 0.4) is 0 Å². The summed E-state index contributed by atoms with van der Waals surface area (Å²) in [5.74, 6) is 0.837. The van der Waals surface area contributed by atoms with E-state index in [9.17, 15) is 20.2 Å². The topological polar surface area (TPSA) is 111 Å². The van der Waals surface area contributed by atoms with E-state index in [4.69, 9.17) is 21.1 Å². The van der Waals surface area contributed by atoms with Gasteiger partial charge in [-0.25, -0.2) is 0 Å². The SMILES string of the molecule is C=CCOc1cc([N+](=O)[O-])ccc1Cl.C=CCOc1cc([N+](=O)[O-])ccc1N1CCN(C)CC1. The number of hydrogen-bond donors (Lipinski definition) is 0. The predicted octanol–water partition coefficient (Wildman–Crippen LogP) is 4.72. The fourth-order valence-corrected chi connectivity index (χ4v) is 3.23. The average molecular weight is 491 g/mol. The number of ether oxygens (including phenoxy) is 2. The Bertz CT molecular complexity index is 1020. The number of anilines is 1. The Balaban J connectivity index is 0.000000257. The first-order chi connectivity index (χ1) is 16.3. The fourth-order valence-electron chi connectivity index (χ4n) is 3.05. The summed E-state index contributed by atoms with van der Waals surface area (Å²) in [6.07, 6.45) is 3.17. The third kappa shape index (κ3) is 7.75. The number of hydrogen-bond acceptors (Lipinski definition) is 8. The average Bonchev–Trinajstić information content (AvgIpc) is 2.83. The molecule has 1 aliphatic heterocycles. The van der Waals surface area contributed by atoms with Gasteiger partial charge >= 0.3 is 0 Å². The van der Waals surface area contributed by atoms with Crippen molar-refractivity contribution in [2.24, 2.45) is 0 Å². The maximum absolute atomic E-state index is 10.9. The summed E-state index contributed by atoms with van der Waals surface area (Å²) >= 11 is 5.75. The minimum atomic E-state index is -0.503. The fraction of sp³-hybridized carbons (Fsp3) is 0.304. The number of likely N-dealkylation sites (N-methyl/N-ethyl adjacent to an activating group) is 1. The van der Waals surface area contributed by atoms with E-state index in [1.807, 2.05) is 0 Å². The van der Waals surface area contributed by atoms with Gasteiger partial charge in [0.2, 0.25) is 0 Å². The van der Waals surface area contributed by atoms with Crippen LogP contribution in [0.2, 0.25) is 5.02 Å². The van der Waals surface area contributed by atoms with Gasteiger partial charge in [0.05, 0.1) is 32.7 Å². The van der Waals surface area contributed by atoms with Crippen LogP contribution >= 0.6 is 11.6 Å². The molecule has 0 spiro atoms. The molecule has 0 saturated carbocycles. The Morgan fingerprint density at radius 3 is 1.94 bits per heavy atom. The molecule has 0 unspecified atom stereocenters. The number of non-ortho nitro benzene ring substituents is 2. The Morgan fingerprint density at radius 2 is 1.41 bits per heavy atom. The molecule has 2 aromatic rings.